The van der Waals surface area contributed by atoms with Gasteiger partial charge in [-0.3, -0.25) is 4.79 Å². The number of benzene rings is 2. The van der Waals surface area contributed by atoms with Crippen molar-refractivity contribution in [1.29, 1.82) is 0 Å². The Morgan fingerprint density at radius 2 is 1.84 bits per heavy atom. The Bertz CT molecular complexity index is 1020. The zero-order chi connectivity index (χ0) is 22.4. The van der Waals surface area contributed by atoms with Crippen molar-refractivity contribution >= 4 is 11.6 Å². The number of hydrogen-bond acceptors (Lipinski definition) is 4. The van der Waals surface area contributed by atoms with Crippen LogP contribution in [0.3, 0.4) is 0 Å². The van der Waals surface area contributed by atoms with Crippen molar-refractivity contribution in [2.45, 2.75) is 39.4 Å². The molecule has 3 rings (SSSR count). The first-order chi connectivity index (χ1) is 14.9. The summed E-state index contributed by atoms with van der Waals surface area (Å²) in [6.07, 6.45) is 1.05. The summed E-state index contributed by atoms with van der Waals surface area (Å²) >= 11 is 0. The number of alkyl halides is 2. The number of halogens is 3. The largest absolute Gasteiger partial charge is 0.486 e. The smallest absolute Gasteiger partial charge is 0.387 e. The van der Waals surface area contributed by atoms with Gasteiger partial charge in [-0.1, -0.05) is 26.0 Å². The van der Waals surface area contributed by atoms with Crippen molar-refractivity contribution in [3.8, 4) is 11.5 Å². The lowest BCUT2D eigenvalue weighted by atomic mass is 9.99. The summed E-state index contributed by atoms with van der Waals surface area (Å²) in [5.74, 6) is -0.489. The fourth-order valence-electron chi connectivity index (χ4n) is 2.84. The van der Waals surface area contributed by atoms with Crippen molar-refractivity contribution in [3.05, 3.63) is 77.5 Å². The quantitative estimate of drug-likeness (QED) is 0.426. The number of hydrogen-bond donors (Lipinski definition) is 1. The first kappa shape index (κ1) is 22.3. The molecule has 2 aromatic carbocycles. The molecule has 1 unspecified atom stereocenters. The highest BCUT2D eigenvalue weighted by atomic mass is 19.3. The van der Waals surface area contributed by atoms with Gasteiger partial charge in [0.25, 0.3) is 5.91 Å². The van der Waals surface area contributed by atoms with Crippen molar-refractivity contribution in [2.75, 3.05) is 5.32 Å². The first-order valence-corrected chi connectivity index (χ1v) is 9.73. The Labute approximate surface area is 177 Å². The van der Waals surface area contributed by atoms with E-state index in [1.54, 1.807) is 6.07 Å². The van der Waals surface area contributed by atoms with Crippen LogP contribution in [0.4, 0.5) is 18.9 Å². The molecule has 0 bridgehead atoms. The molecular formula is C23H22F3NO4. The first-order valence-electron chi connectivity index (χ1n) is 9.73. The van der Waals surface area contributed by atoms with Gasteiger partial charge in [-0.05, 0) is 54.3 Å². The second kappa shape index (κ2) is 10.1. The van der Waals surface area contributed by atoms with Gasteiger partial charge in [-0.25, -0.2) is 4.39 Å². The van der Waals surface area contributed by atoms with Crippen molar-refractivity contribution in [3.63, 3.8) is 0 Å². The molecule has 1 atom stereocenters. The molecule has 0 radical (unpaired) electrons. The van der Waals surface area contributed by atoms with Crippen LogP contribution in [0.25, 0.3) is 0 Å². The van der Waals surface area contributed by atoms with Crippen LogP contribution < -0.4 is 14.8 Å². The molecule has 1 aromatic heterocycles. The van der Waals surface area contributed by atoms with Gasteiger partial charge in [0, 0.05) is 6.07 Å². The highest BCUT2D eigenvalue weighted by Gasteiger charge is 2.17. The summed E-state index contributed by atoms with van der Waals surface area (Å²) in [7, 11) is 0. The van der Waals surface area contributed by atoms with E-state index in [0.29, 0.717) is 17.4 Å². The lowest BCUT2D eigenvalue weighted by molar-refractivity contribution is -0.0495. The Balaban J connectivity index is 1.61. The van der Waals surface area contributed by atoms with Crippen LogP contribution in [0, 0.1) is 5.82 Å². The Kier molecular flexibility index (Phi) is 7.23. The third-order valence-corrected chi connectivity index (χ3v) is 4.74. The molecule has 31 heavy (non-hydrogen) atoms. The summed E-state index contributed by atoms with van der Waals surface area (Å²) in [5.41, 5.74) is 1.12. The van der Waals surface area contributed by atoms with E-state index in [9.17, 15) is 18.0 Å². The Hall–Kier alpha value is -3.42. The van der Waals surface area contributed by atoms with Crippen LogP contribution in [0.15, 0.2) is 59.0 Å². The minimum Gasteiger partial charge on any atom is -0.486 e. The average Bonchev–Trinajstić information content (AvgIpc) is 3.23. The summed E-state index contributed by atoms with van der Waals surface area (Å²) < 4.78 is 53.7. The molecule has 0 aliphatic heterocycles. The van der Waals surface area contributed by atoms with E-state index in [2.05, 4.69) is 23.9 Å². The van der Waals surface area contributed by atoms with Gasteiger partial charge in [-0.15, -0.1) is 0 Å². The molecule has 0 saturated heterocycles. The van der Waals surface area contributed by atoms with Gasteiger partial charge < -0.3 is 19.2 Å². The fraction of sp³-hybridized carbons (Fsp3) is 0.261. The second-order valence-electron chi connectivity index (χ2n) is 6.91. The summed E-state index contributed by atoms with van der Waals surface area (Å²) in [6.45, 7) is 1.22. The topological polar surface area (TPSA) is 60.7 Å². The number of rotatable bonds is 9. The maximum Gasteiger partial charge on any atom is 0.387 e. The molecule has 3 aromatic rings. The lowest BCUT2D eigenvalue weighted by Gasteiger charge is -2.11. The highest BCUT2D eigenvalue weighted by Crippen LogP contribution is 2.28. The van der Waals surface area contributed by atoms with Crippen LogP contribution in [0.2, 0.25) is 0 Å². The van der Waals surface area contributed by atoms with Crippen LogP contribution >= 0.6 is 0 Å². The minimum atomic E-state index is -3.16. The predicted molar refractivity (Wildman–Crippen MR) is 109 cm³/mol. The third kappa shape index (κ3) is 6.04. The molecule has 1 N–H and O–H groups in total. The van der Waals surface area contributed by atoms with Gasteiger partial charge in [0.15, 0.2) is 11.5 Å². The molecular weight excluding hydrogens is 411 g/mol. The standard InChI is InChI=1S/C23H22F3NO4/c1-3-14(2)15-4-7-17(8-5-15)29-13-18-9-11-20(30-18)22(28)27-19-10-6-16(24)12-21(19)31-23(25)26/h4-12,14,23H,3,13H2,1-2H3,(H,27,28). The van der Waals surface area contributed by atoms with E-state index >= 15 is 0 Å². The number of nitrogens with one attached hydrogen (secondary N) is 1. The van der Waals surface area contributed by atoms with Crippen LogP contribution in [-0.4, -0.2) is 12.5 Å². The predicted octanol–water partition coefficient (Wildman–Crippen LogP) is 6.36. The summed E-state index contributed by atoms with van der Waals surface area (Å²) in [4.78, 5) is 12.4. The summed E-state index contributed by atoms with van der Waals surface area (Å²) in [6, 6.07) is 13.7. The highest BCUT2D eigenvalue weighted by molar-refractivity contribution is 6.03. The number of amides is 1. The second-order valence-corrected chi connectivity index (χ2v) is 6.91. The maximum absolute atomic E-state index is 13.3. The van der Waals surface area contributed by atoms with Gasteiger partial charge in [0.2, 0.25) is 0 Å². The normalized spacial score (nSPS) is 11.9. The van der Waals surface area contributed by atoms with E-state index in [4.69, 9.17) is 9.15 Å². The van der Waals surface area contributed by atoms with E-state index in [-0.39, 0.29) is 18.1 Å². The van der Waals surface area contributed by atoms with Crippen molar-refractivity contribution in [2.24, 2.45) is 0 Å². The molecule has 1 amide bonds. The zero-order valence-corrected chi connectivity index (χ0v) is 17.0. The van der Waals surface area contributed by atoms with E-state index in [1.807, 2.05) is 24.3 Å². The molecule has 0 spiro atoms. The van der Waals surface area contributed by atoms with E-state index in [0.717, 1.165) is 24.6 Å². The Morgan fingerprint density at radius 1 is 1.10 bits per heavy atom. The number of carbonyl (C=O) groups excluding carboxylic acids is 1. The van der Waals surface area contributed by atoms with Crippen LogP contribution in [0.1, 0.15) is 48.1 Å². The molecule has 5 nitrogen and oxygen atoms in total. The monoisotopic (exact) mass is 433 g/mol. The van der Waals surface area contributed by atoms with Crippen molar-refractivity contribution in [1.82, 2.24) is 0 Å². The minimum absolute atomic E-state index is 0.0574. The maximum atomic E-state index is 13.3. The molecule has 0 aliphatic carbocycles. The van der Waals surface area contributed by atoms with Gasteiger partial charge in [0.1, 0.15) is 23.9 Å². The summed E-state index contributed by atoms with van der Waals surface area (Å²) in [5, 5.41) is 2.37. The number of carbonyl (C=O) groups is 1. The molecule has 8 heteroatoms. The lowest BCUT2D eigenvalue weighted by Crippen LogP contribution is -2.13. The van der Waals surface area contributed by atoms with Gasteiger partial charge >= 0.3 is 6.61 Å². The molecule has 1 heterocycles. The van der Waals surface area contributed by atoms with Crippen LogP contribution in [-0.2, 0) is 6.61 Å². The molecule has 0 aliphatic rings. The number of anilines is 1. The molecule has 0 saturated carbocycles. The van der Waals surface area contributed by atoms with Gasteiger partial charge in [-0.2, -0.15) is 8.78 Å². The van der Waals surface area contributed by atoms with E-state index in [1.165, 1.54) is 11.6 Å². The molecule has 0 fully saturated rings. The van der Waals surface area contributed by atoms with Gasteiger partial charge in [0.05, 0.1) is 5.69 Å². The average molecular weight is 433 g/mol. The fourth-order valence-corrected chi connectivity index (χ4v) is 2.84. The Morgan fingerprint density at radius 3 is 2.52 bits per heavy atom. The number of furan rings is 1. The zero-order valence-electron chi connectivity index (χ0n) is 17.0. The van der Waals surface area contributed by atoms with Crippen LogP contribution in [0.5, 0.6) is 11.5 Å². The molecule has 164 valence electrons. The SMILES string of the molecule is CCC(C)c1ccc(OCc2ccc(C(=O)Nc3ccc(F)cc3OC(F)F)o2)cc1. The number of ether oxygens (including phenoxy) is 2. The third-order valence-electron chi connectivity index (χ3n) is 4.74. The van der Waals surface area contributed by atoms with E-state index < -0.39 is 24.1 Å². The van der Waals surface area contributed by atoms with Crippen molar-refractivity contribution < 1.29 is 31.9 Å².